The lowest BCUT2D eigenvalue weighted by Crippen LogP contribution is -2.00. The van der Waals surface area contributed by atoms with E-state index >= 15 is 0 Å². The van der Waals surface area contributed by atoms with Gasteiger partial charge in [-0.25, -0.2) is 0 Å². The zero-order chi connectivity index (χ0) is 16.9. The summed E-state index contributed by atoms with van der Waals surface area (Å²) >= 11 is 0. The molecule has 24 heavy (non-hydrogen) atoms. The molecule has 0 aliphatic rings. The molecule has 0 fully saturated rings. The number of aromatic nitrogens is 3. The fraction of sp³-hybridized carbons (Fsp3) is 0.300. The van der Waals surface area contributed by atoms with Gasteiger partial charge >= 0.3 is 0 Å². The quantitative estimate of drug-likeness (QED) is 0.717. The summed E-state index contributed by atoms with van der Waals surface area (Å²) in [5, 5.41) is 15.3. The third-order valence-corrected chi connectivity index (χ3v) is 4.22. The molecular weight excluding hydrogens is 298 g/mol. The fourth-order valence-electron chi connectivity index (χ4n) is 3.03. The van der Waals surface area contributed by atoms with Crippen LogP contribution >= 0.6 is 0 Å². The van der Waals surface area contributed by atoms with Crippen LogP contribution in [0.5, 0.6) is 5.75 Å². The van der Waals surface area contributed by atoms with Gasteiger partial charge in [-0.1, -0.05) is 31.5 Å². The first kappa shape index (κ1) is 16.2. The summed E-state index contributed by atoms with van der Waals surface area (Å²) in [5.41, 5.74) is 5.05. The van der Waals surface area contributed by atoms with Crippen molar-refractivity contribution in [3.8, 4) is 28.1 Å². The van der Waals surface area contributed by atoms with Gasteiger partial charge < -0.3 is 5.11 Å². The molecule has 0 amide bonds. The molecule has 0 spiro atoms. The molecule has 124 valence electrons. The van der Waals surface area contributed by atoms with Gasteiger partial charge in [0.15, 0.2) is 0 Å². The highest BCUT2D eigenvalue weighted by molar-refractivity contribution is 5.85. The molecule has 1 aromatic carbocycles. The van der Waals surface area contributed by atoms with Crippen LogP contribution in [-0.4, -0.2) is 19.9 Å². The van der Waals surface area contributed by atoms with Crippen molar-refractivity contribution in [2.24, 2.45) is 0 Å². The Balaban J connectivity index is 2.26. The van der Waals surface area contributed by atoms with Crippen LogP contribution < -0.4 is 0 Å². The maximum absolute atomic E-state index is 10.4. The Morgan fingerprint density at radius 2 is 1.79 bits per heavy atom. The molecule has 2 aromatic heterocycles. The second-order valence-corrected chi connectivity index (χ2v) is 5.84. The molecular formula is C20H23N3O. The Labute approximate surface area is 142 Å². The van der Waals surface area contributed by atoms with Crippen molar-refractivity contribution in [2.75, 3.05) is 0 Å². The van der Waals surface area contributed by atoms with Crippen LogP contribution in [0.25, 0.3) is 22.4 Å². The number of unbranched alkanes of at least 4 members (excludes halogenated alkanes) is 1. The lowest BCUT2D eigenvalue weighted by molar-refractivity contribution is 0.477. The molecule has 0 radical (unpaired) electrons. The monoisotopic (exact) mass is 321 g/mol. The van der Waals surface area contributed by atoms with E-state index in [-0.39, 0.29) is 0 Å². The van der Waals surface area contributed by atoms with Crippen molar-refractivity contribution in [2.45, 2.75) is 39.7 Å². The number of phenols is 1. The number of aryl methyl sites for hydroxylation is 2. The number of benzene rings is 1. The lowest BCUT2D eigenvalue weighted by Gasteiger charge is -2.10. The number of phenolic OH excluding ortho intramolecular Hbond substituents is 1. The maximum Gasteiger partial charge on any atom is 0.123 e. The fourth-order valence-corrected chi connectivity index (χ4v) is 3.03. The van der Waals surface area contributed by atoms with Crippen molar-refractivity contribution in [1.29, 1.82) is 0 Å². The highest BCUT2D eigenvalue weighted by atomic mass is 16.3. The van der Waals surface area contributed by atoms with Gasteiger partial charge in [0.25, 0.3) is 0 Å². The smallest absolute Gasteiger partial charge is 0.123 e. The van der Waals surface area contributed by atoms with E-state index in [4.69, 9.17) is 5.10 Å². The van der Waals surface area contributed by atoms with E-state index in [2.05, 4.69) is 18.8 Å². The van der Waals surface area contributed by atoms with Crippen molar-refractivity contribution in [1.82, 2.24) is 14.8 Å². The molecule has 0 bridgehead atoms. The van der Waals surface area contributed by atoms with Gasteiger partial charge in [0, 0.05) is 35.6 Å². The Kier molecular flexibility index (Phi) is 4.94. The standard InChI is InChI=1S/C20H23N3O/c1-3-5-9-17-19(16-8-6-7-10-18(16)24)20(23(4-2)22-17)15-11-13-21-14-12-15/h6-8,10-14,24H,3-5,9H2,1-2H3. The van der Waals surface area contributed by atoms with Gasteiger partial charge in [-0.2, -0.15) is 5.10 Å². The van der Waals surface area contributed by atoms with Crippen LogP contribution in [-0.2, 0) is 13.0 Å². The van der Waals surface area contributed by atoms with Crippen molar-refractivity contribution in [3.05, 3.63) is 54.5 Å². The van der Waals surface area contributed by atoms with Crippen molar-refractivity contribution >= 4 is 0 Å². The SMILES string of the molecule is CCCCc1nn(CC)c(-c2ccncc2)c1-c1ccccc1O. The Morgan fingerprint density at radius 1 is 1.04 bits per heavy atom. The van der Waals surface area contributed by atoms with E-state index in [0.717, 1.165) is 53.9 Å². The van der Waals surface area contributed by atoms with E-state index in [1.807, 2.05) is 35.0 Å². The molecule has 1 N–H and O–H groups in total. The van der Waals surface area contributed by atoms with E-state index in [1.54, 1.807) is 18.5 Å². The third-order valence-electron chi connectivity index (χ3n) is 4.22. The van der Waals surface area contributed by atoms with E-state index in [0.29, 0.717) is 5.75 Å². The molecule has 0 aliphatic heterocycles. The highest BCUT2D eigenvalue weighted by Gasteiger charge is 2.21. The third kappa shape index (κ3) is 3.04. The second kappa shape index (κ2) is 7.30. The van der Waals surface area contributed by atoms with Crippen LogP contribution in [0.2, 0.25) is 0 Å². The summed E-state index contributed by atoms with van der Waals surface area (Å²) in [7, 11) is 0. The summed E-state index contributed by atoms with van der Waals surface area (Å²) in [4.78, 5) is 4.12. The predicted molar refractivity (Wildman–Crippen MR) is 96.8 cm³/mol. The molecule has 4 nitrogen and oxygen atoms in total. The number of para-hydroxylation sites is 1. The van der Waals surface area contributed by atoms with Gasteiger partial charge in [0.1, 0.15) is 5.75 Å². The summed E-state index contributed by atoms with van der Waals surface area (Å²) < 4.78 is 2.03. The molecule has 2 heterocycles. The van der Waals surface area contributed by atoms with Crippen molar-refractivity contribution in [3.63, 3.8) is 0 Å². The van der Waals surface area contributed by atoms with Gasteiger partial charge in [0.2, 0.25) is 0 Å². The minimum atomic E-state index is 0.293. The van der Waals surface area contributed by atoms with Crippen LogP contribution in [0.4, 0.5) is 0 Å². The summed E-state index contributed by atoms with van der Waals surface area (Å²) in [6.07, 6.45) is 6.69. The summed E-state index contributed by atoms with van der Waals surface area (Å²) in [6, 6.07) is 11.5. The average Bonchev–Trinajstić information content (AvgIpc) is 2.99. The number of aromatic hydroxyl groups is 1. The Morgan fingerprint density at radius 3 is 2.46 bits per heavy atom. The first-order valence-electron chi connectivity index (χ1n) is 8.54. The molecule has 4 heteroatoms. The molecule has 0 saturated heterocycles. The van der Waals surface area contributed by atoms with Crippen LogP contribution in [0.3, 0.4) is 0 Å². The minimum absolute atomic E-state index is 0.293. The van der Waals surface area contributed by atoms with Gasteiger partial charge in [-0.3, -0.25) is 9.67 Å². The first-order chi connectivity index (χ1) is 11.8. The molecule has 0 unspecified atom stereocenters. The minimum Gasteiger partial charge on any atom is -0.507 e. The number of hydrogen-bond donors (Lipinski definition) is 1. The van der Waals surface area contributed by atoms with Gasteiger partial charge in [-0.15, -0.1) is 0 Å². The molecule has 3 rings (SSSR count). The molecule has 0 saturated carbocycles. The van der Waals surface area contributed by atoms with E-state index < -0.39 is 0 Å². The number of pyridine rings is 1. The lowest BCUT2D eigenvalue weighted by atomic mass is 9.96. The normalized spacial score (nSPS) is 10.9. The van der Waals surface area contributed by atoms with E-state index in [9.17, 15) is 5.11 Å². The molecule has 0 aliphatic carbocycles. The van der Waals surface area contributed by atoms with E-state index in [1.165, 1.54) is 0 Å². The summed E-state index contributed by atoms with van der Waals surface area (Å²) in [6.45, 7) is 5.06. The largest absolute Gasteiger partial charge is 0.507 e. The van der Waals surface area contributed by atoms with Crippen LogP contribution in [0.15, 0.2) is 48.8 Å². The zero-order valence-corrected chi connectivity index (χ0v) is 14.2. The summed E-state index contributed by atoms with van der Waals surface area (Å²) in [5.74, 6) is 0.293. The average molecular weight is 321 g/mol. The van der Waals surface area contributed by atoms with Gasteiger partial charge in [-0.05, 0) is 38.0 Å². The topological polar surface area (TPSA) is 50.9 Å². The number of nitrogens with zero attached hydrogens (tertiary/aromatic N) is 3. The zero-order valence-electron chi connectivity index (χ0n) is 14.2. The Bertz CT molecular complexity index is 809. The Hall–Kier alpha value is -2.62. The number of hydrogen-bond acceptors (Lipinski definition) is 3. The predicted octanol–water partition coefficient (Wildman–Crippen LogP) is 4.68. The second-order valence-electron chi connectivity index (χ2n) is 5.84. The van der Waals surface area contributed by atoms with Crippen LogP contribution in [0, 0.1) is 0 Å². The maximum atomic E-state index is 10.4. The number of rotatable bonds is 6. The highest BCUT2D eigenvalue weighted by Crippen LogP contribution is 2.39. The van der Waals surface area contributed by atoms with Crippen LogP contribution in [0.1, 0.15) is 32.4 Å². The van der Waals surface area contributed by atoms with Gasteiger partial charge in [0.05, 0.1) is 11.4 Å². The molecule has 3 aromatic rings. The first-order valence-corrected chi connectivity index (χ1v) is 8.54. The molecule has 0 atom stereocenters. The van der Waals surface area contributed by atoms with Crippen molar-refractivity contribution < 1.29 is 5.11 Å².